The summed E-state index contributed by atoms with van der Waals surface area (Å²) in [5, 5.41) is 0. The van der Waals surface area contributed by atoms with Crippen molar-refractivity contribution in [2.24, 2.45) is 16.7 Å². The van der Waals surface area contributed by atoms with Gasteiger partial charge in [-0.05, 0) is 22.6 Å². The highest BCUT2D eigenvalue weighted by molar-refractivity contribution is 6.53. The van der Waals surface area contributed by atoms with Crippen LogP contribution in [-0.2, 0) is 4.65 Å². The summed E-state index contributed by atoms with van der Waals surface area (Å²) in [5.41, 5.74) is 0.940. The molecule has 0 bridgehead atoms. The van der Waals surface area contributed by atoms with Crippen molar-refractivity contribution in [1.82, 2.24) is 0 Å². The van der Waals surface area contributed by atoms with Crippen molar-refractivity contribution in [2.45, 2.75) is 40.3 Å². The van der Waals surface area contributed by atoms with Gasteiger partial charge in [-0.15, -0.1) is 0 Å². The molecule has 0 aromatic rings. The Morgan fingerprint density at radius 1 is 1.17 bits per heavy atom. The molecular formula is C10H19BO. The van der Waals surface area contributed by atoms with E-state index < -0.39 is 0 Å². The van der Waals surface area contributed by atoms with Crippen LogP contribution < -0.4 is 0 Å². The average molecular weight is 166 g/mol. The monoisotopic (exact) mass is 166 g/mol. The molecule has 1 aliphatic carbocycles. The van der Waals surface area contributed by atoms with Crippen LogP contribution in [0, 0.1) is 16.7 Å². The molecule has 0 radical (unpaired) electrons. The van der Waals surface area contributed by atoms with E-state index in [9.17, 15) is 0 Å². The standard InChI is InChI=1S/C10H19BO/c1-9(2)7-6-12-11(5)8(7)10(9,3)4/h7-8H,6H2,1-5H3. The molecule has 2 rings (SSSR count). The van der Waals surface area contributed by atoms with E-state index in [1.54, 1.807) is 0 Å². The lowest BCUT2D eigenvalue weighted by atomic mass is 9.30. The van der Waals surface area contributed by atoms with Gasteiger partial charge in [0.15, 0.2) is 0 Å². The molecule has 0 aromatic heterocycles. The largest absolute Gasteiger partial charge is 0.436 e. The van der Waals surface area contributed by atoms with Gasteiger partial charge in [0.1, 0.15) is 0 Å². The molecule has 68 valence electrons. The van der Waals surface area contributed by atoms with Gasteiger partial charge in [0, 0.05) is 6.61 Å². The lowest BCUT2D eigenvalue weighted by Crippen LogP contribution is -2.57. The fourth-order valence-electron chi connectivity index (χ4n) is 3.35. The Bertz CT molecular complexity index is 210. The summed E-state index contributed by atoms with van der Waals surface area (Å²) >= 11 is 0. The topological polar surface area (TPSA) is 9.23 Å². The van der Waals surface area contributed by atoms with Crippen molar-refractivity contribution in [3.05, 3.63) is 0 Å². The number of hydrogen-bond acceptors (Lipinski definition) is 1. The third-order valence-electron chi connectivity index (χ3n) is 4.90. The van der Waals surface area contributed by atoms with Crippen LogP contribution in [0.1, 0.15) is 27.7 Å². The van der Waals surface area contributed by atoms with Crippen LogP contribution in [0.4, 0.5) is 0 Å². The Morgan fingerprint density at radius 3 is 2.25 bits per heavy atom. The molecule has 1 heterocycles. The first-order valence-electron chi connectivity index (χ1n) is 5.00. The highest BCUT2D eigenvalue weighted by atomic mass is 16.4. The maximum atomic E-state index is 5.71. The van der Waals surface area contributed by atoms with Crippen LogP contribution in [0.15, 0.2) is 0 Å². The van der Waals surface area contributed by atoms with Gasteiger partial charge >= 0.3 is 0 Å². The molecule has 12 heavy (non-hydrogen) atoms. The van der Waals surface area contributed by atoms with E-state index in [-0.39, 0.29) is 0 Å². The Kier molecular flexibility index (Phi) is 1.50. The second-order valence-electron chi connectivity index (χ2n) is 5.61. The normalized spacial score (nSPS) is 42.2. The van der Waals surface area contributed by atoms with Crippen molar-refractivity contribution in [3.8, 4) is 0 Å². The highest BCUT2D eigenvalue weighted by Crippen LogP contribution is 2.70. The van der Waals surface area contributed by atoms with Gasteiger partial charge in [-0.3, -0.25) is 0 Å². The van der Waals surface area contributed by atoms with E-state index in [0.717, 1.165) is 18.3 Å². The molecule has 2 aliphatic rings. The second kappa shape index (κ2) is 2.09. The minimum atomic E-state index is 0.466. The first-order chi connectivity index (χ1) is 5.39. The van der Waals surface area contributed by atoms with Gasteiger partial charge < -0.3 is 4.65 Å². The summed E-state index contributed by atoms with van der Waals surface area (Å²) in [4.78, 5) is 0. The average Bonchev–Trinajstić information content (AvgIpc) is 2.30. The fourth-order valence-corrected chi connectivity index (χ4v) is 3.35. The second-order valence-corrected chi connectivity index (χ2v) is 5.61. The van der Waals surface area contributed by atoms with E-state index in [4.69, 9.17) is 4.65 Å². The van der Waals surface area contributed by atoms with Crippen molar-refractivity contribution in [3.63, 3.8) is 0 Å². The Hall–Kier alpha value is 0.0249. The molecule has 1 saturated carbocycles. The maximum Gasteiger partial charge on any atom is 0.294 e. The molecule has 2 atom stereocenters. The zero-order valence-corrected chi connectivity index (χ0v) is 8.85. The van der Waals surface area contributed by atoms with Crippen molar-refractivity contribution in [1.29, 1.82) is 0 Å². The summed E-state index contributed by atoms with van der Waals surface area (Å²) < 4.78 is 5.71. The minimum absolute atomic E-state index is 0.466. The molecule has 1 saturated heterocycles. The fraction of sp³-hybridized carbons (Fsp3) is 1.00. The van der Waals surface area contributed by atoms with Crippen molar-refractivity contribution in [2.75, 3.05) is 6.61 Å². The molecule has 1 nitrogen and oxygen atoms in total. The van der Waals surface area contributed by atoms with E-state index in [1.807, 2.05) is 0 Å². The first-order valence-corrected chi connectivity index (χ1v) is 5.00. The summed E-state index contributed by atoms with van der Waals surface area (Å²) in [6, 6.07) is 0. The third-order valence-corrected chi connectivity index (χ3v) is 4.90. The van der Waals surface area contributed by atoms with E-state index in [1.165, 1.54) is 0 Å². The zero-order valence-electron chi connectivity index (χ0n) is 8.85. The van der Waals surface area contributed by atoms with Crippen LogP contribution in [0.5, 0.6) is 0 Å². The van der Waals surface area contributed by atoms with E-state index in [2.05, 4.69) is 34.5 Å². The van der Waals surface area contributed by atoms with Crippen LogP contribution >= 0.6 is 0 Å². The number of hydrogen-bond donors (Lipinski definition) is 0. The van der Waals surface area contributed by atoms with Crippen LogP contribution in [0.3, 0.4) is 0 Å². The smallest absolute Gasteiger partial charge is 0.294 e. The maximum absolute atomic E-state index is 5.71. The SMILES string of the molecule is CB1OCC2C1C(C)(C)C2(C)C. The number of fused-ring (bicyclic) bond motifs is 1. The van der Waals surface area contributed by atoms with Gasteiger partial charge in [0.2, 0.25) is 0 Å². The predicted molar refractivity (Wildman–Crippen MR) is 52.4 cm³/mol. The van der Waals surface area contributed by atoms with Gasteiger partial charge in [-0.25, -0.2) is 0 Å². The first kappa shape index (κ1) is 8.62. The Morgan fingerprint density at radius 2 is 1.75 bits per heavy atom. The van der Waals surface area contributed by atoms with Crippen LogP contribution in [0.2, 0.25) is 12.6 Å². The van der Waals surface area contributed by atoms with Crippen molar-refractivity contribution < 1.29 is 4.65 Å². The van der Waals surface area contributed by atoms with Gasteiger partial charge in [-0.2, -0.15) is 0 Å². The third kappa shape index (κ3) is 0.705. The quantitative estimate of drug-likeness (QED) is 0.502. The Labute approximate surface area is 76.0 Å². The zero-order chi connectivity index (χ0) is 9.15. The van der Waals surface area contributed by atoms with Gasteiger partial charge in [-0.1, -0.05) is 34.5 Å². The lowest BCUT2D eigenvalue weighted by Gasteiger charge is -2.62. The van der Waals surface area contributed by atoms with Crippen molar-refractivity contribution >= 4 is 6.92 Å². The highest BCUT2D eigenvalue weighted by Gasteiger charge is 2.66. The van der Waals surface area contributed by atoms with Crippen LogP contribution in [0.25, 0.3) is 0 Å². The van der Waals surface area contributed by atoms with Crippen LogP contribution in [-0.4, -0.2) is 13.5 Å². The minimum Gasteiger partial charge on any atom is -0.436 e. The molecule has 1 aliphatic heterocycles. The molecule has 0 N–H and O–H groups in total. The summed E-state index contributed by atoms with van der Waals surface area (Å²) in [6.45, 7) is 13.2. The van der Waals surface area contributed by atoms with Gasteiger partial charge in [0.25, 0.3) is 6.92 Å². The molecule has 0 amide bonds. The summed E-state index contributed by atoms with van der Waals surface area (Å²) in [7, 11) is 0. The molecule has 0 spiro atoms. The Balaban J connectivity index is 2.28. The van der Waals surface area contributed by atoms with Gasteiger partial charge in [0.05, 0.1) is 0 Å². The predicted octanol–water partition coefficient (Wildman–Crippen LogP) is 2.69. The molecule has 2 heteroatoms. The molecule has 0 aromatic carbocycles. The van der Waals surface area contributed by atoms with E-state index >= 15 is 0 Å². The molecule has 2 fully saturated rings. The lowest BCUT2D eigenvalue weighted by molar-refractivity contribution is -0.0873. The summed E-state index contributed by atoms with van der Waals surface area (Å²) in [5.74, 6) is 1.61. The molecule has 2 unspecified atom stereocenters. The molecular weight excluding hydrogens is 147 g/mol. The number of rotatable bonds is 0. The van der Waals surface area contributed by atoms with E-state index in [0.29, 0.717) is 17.7 Å². The summed E-state index contributed by atoms with van der Waals surface area (Å²) in [6.07, 6.45) is 0.